The molecule has 1 aromatic carbocycles. The Morgan fingerprint density at radius 3 is 2.58 bits per heavy atom. The van der Waals surface area contributed by atoms with Crippen molar-refractivity contribution in [2.75, 3.05) is 27.0 Å². The Morgan fingerprint density at radius 1 is 1.28 bits per heavy atom. The van der Waals surface area contributed by atoms with Crippen LogP contribution in [0.1, 0.15) is 53.8 Å². The maximum absolute atomic E-state index is 13.0. The number of rotatable bonds is 9. The summed E-state index contributed by atoms with van der Waals surface area (Å²) in [6.07, 6.45) is 7.12. The van der Waals surface area contributed by atoms with Crippen LogP contribution in [0.3, 0.4) is 0 Å². The molecule has 1 aliphatic carbocycles. The van der Waals surface area contributed by atoms with Gasteiger partial charge in [-0.05, 0) is 42.3 Å². The zero-order valence-electron chi connectivity index (χ0n) is 20.3. The van der Waals surface area contributed by atoms with Crippen LogP contribution in [-0.2, 0) is 6.54 Å². The van der Waals surface area contributed by atoms with E-state index in [1.807, 2.05) is 7.05 Å². The Bertz CT molecular complexity index is 1210. The number of nitrogens with zero attached hydrogens (tertiary/aromatic N) is 7. The lowest BCUT2D eigenvalue weighted by atomic mass is 9.94. The van der Waals surface area contributed by atoms with E-state index >= 15 is 0 Å². The van der Waals surface area contributed by atoms with Crippen molar-refractivity contribution in [3.8, 4) is 23.1 Å². The topological polar surface area (TPSA) is 179 Å². The molecule has 4 rings (SSSR count). The molecule has 1 saturated carbocycles. The minimum atomic E-state index is -0.572. The van der Waals surface area contributed by atoms with Gasteiger partial charge in [-0.1, -0.05) is 24.5 Å². The number of nitrogen functional groups attached to an aromatic ring is 1. The number of nitrogens with two attached hydrogens (primary N) is 1. The Balaban J connectivity index is 1.57. The number of methoxy groups -OCH3 is 2. The van der Waals surface area contributed by atoms with Crippen molar-refractivity contribution >= 4 is 17.9 Å². The Morgan fingerprint density at radius 2 is 1.97 bits per heavy atom. The molecule has 0 radical (unpaired) electrons. The van der Waals surface area contributed by atoms with Crippen LogP contribution >= 0.6 is 0 Å². The molecule has 192 valence electrons. The zero-order valence-corrected chi connectivity index (χ0v) is 20.3. The van der Waals surface area contributed by atoms with Gasteiger partial charge in [0.2, 0.25) is 17.4 Å². The van der Waals surface area contributed by atoms with Gasteiger partial charge in [0.1, 0.15) is 0 Å². The molecule has 4 N–H and O–H groups in total. The molecule has 1 fully saturated rings. The van der Waals surface area contributed by atoms with Crippen molar-refractivity contribution in [1.29, 1.82) is 0 Å². The minimum absolute atomic E-state index is 0.0293. The molecule has 1 aliphatic rings. The first-order chi connectivity index (χ1) is 17.4. The summed E-state index contributed by atoms with van der Waals surface area (Å²) < 4.78 is 16.4. The SMILES string of the molecule is COc1cc(/C=N\NC(=O)c2nnn(-c3nonc3N)c2CN(C)C2CCCCC2)cc(OC)c1O. The first kappa shape index (κ1) is 24.9. The largest absolute Gasteiger partial charge is 0.502 e. The number of carbonyl (C=O) groups excluding carboxylic acids is 1. The van der Waals surface area contributed by atoms with Crippen LogP contribution in [0, 0.1) is 0 Å². The predicted octanol–water partition coefficient (Wildman–Crippen LogP) is 1.48. The highest BCUT2D eigenvalue weighted by Gasteiger charge is 2.27. The predicted molar refractivity (Wildman–Crippen MR) is 128 cm³/mol. The van der Waals surface area contributed by atoms with Crippen LogP contribution < -0.4 is 20.6 Å². The van der Waals surface area contributed by atoms with Crippen molar-refractivity contribution in [3.05, 3.63) is 29.1 Å². The molecule has 0 unspecified atom stereocenters. The Hall–Kier alpha value is -4.20. The number of benzene rings is 1. The van der Waals surface area contributed by atoms with Crippen molar-refractivity contribution in [2.45, 2.75) is 44.7 Å². The lowest BCUT2D eigenvalue weighted by Crippen LogP contribution is -2.34. The zero-order chi connectivity index (χ0) is 25.7. The molecule has 14 heteroatoms. The van der Waals surface area contributed by atoms with Gasteiger partial charge in [0.25, 0.3) is 5.91 Å². The summed E-state index contributed by atoms with van der Waals surface area (Å²) in [5.41, 5.74) is 9.41. The molecule has 0 aliphatic heterocycles. The third kappa shape index (κ3) is 5.22. The minimum Gasteiger partial charge on any atom is -0.502 e. The number of ether oxygens (including phenoxy) is 2. The maximum Gasteiger partial charge on any atom is 0.293 e. The molecule has 0 saturated heterocycles. The van der Waals surface area contributed by atoms with Crippen molar-refractivity contribution in [3.63, 3.8) is 0 Å². The van der Waals surface area contributed by atoms with E-state index in [1.54, 1.807) is 12.1 Å². The molecule has 14 nitrogen and oxygen atoms in total. The van der Waals surface area contributed by atoms with E-state index in [0.717, 1.165) is 12.8 Å². The quantitative estimate of drug-likeness (QED) is 0.287. The summed E-state index contributed by atoms with van der Waals surface area (Å²) in [4.78, 5) is 15.2. The summed E-state index contributed by atoms with van der Waals surface area (Å²) in [7, 11) is 4.84. The number of hydrogen-bond acceptors (Lipinski definition) is 12. The second-order valence-corrected chi connectivity index (χ2v) is 8.45. The molecule has 3 aromatic rings. The number of carbonyl (C=O) groups is 1. The number of phenolic OH excluding ortho intramolecular Hbond substituents is 1. The second-order valence-electron chi connectivity index (χ2n) is 8.45. The summed E-state index contributed by atoms with van der Waals surface area (Å²) in [5, 5.41) is 29.6. The van der Waals surface area contributed by atoms with E-state index in [4.69, 9.17) is 19.8 Å². The van der Waals surface area contributed by atoms with E-state index in [9.17, 15) is 9.90 Å². The van der Waals surface area contributed by atoms with Gasteiger partial charge in [0.15, 0.2) is 17.2 Å². The van der Waals surface area contributed by atoms with E-state index < -0.39 is 5.91 Å². The summed E-state index contributed by atoms with van der Waals surface area (Å²) in [5.74, 6) is -0.112. The standard InChI is InChI=1S/C22H29N9O5/c1-30(14-7-5-4-6-8-14)12-15-18(25-29-31(15)21-20(23)27-36-28-21)22(33)26-24-11-13-9-16(34-2)19(32)17(10-13)35-3/h9-11,14,32H,4-8,12H2,1-3H3,(H2,23,27)(H,26,33)/b24-11-. The Kier molecular flexibility index (Phi) is 7.63. The maximum atomic E-state index is 13.0. The third-order valence-corrected chi connectivity index (χ3v) is 6.15. The molecule has 0 bridgehead atoms. The molecule has 1 amide bonds. The highest BCUT2D eigenvalue weighted by molar-refractivity contribution is 5.94. The number of amides is 1. The van der Waals surface area contributed by atoms with Crippen LogP contribution in [0.25, 0.3) is 5.82 Å². The van der Waals surface area contributed by atoms with E-state index in [-0.39, 0.29) is 34.6 Å². The molecule has 36 heavy (non-hydrogen) atoms. The number of hydrazone groups is 1. The van der Waals surface area contributed by atoms with Gasteiger partial charge in [0, 0.05) is 18.2 Å². The van der Waals surface area contributed by atoms with Gasteiger partial charge in [-0.2, -0.15) is 9.78 Å². The number of phenols is 1. The van der Waals surface area contributed by atoms with Crippen molar-refractivity contribution in [1.82, 2.24) is 35.6 Å². The molecular formula is C22H29N9O5. The van der Waals surface area contributed by atoms with Crippen molar-refractivity contribution < 1.29 is 24.0 Å². The second kappa shape index (κ2) is 11.0. The van der Waals surface area contributed by atoms with Crippen LogP contribution in [0.15, 0.2) is 21.9 Å². The number of aromatic hydroxyl groups is 1. The van der Waals surface area contributed by atoms with Crippen LogP contribution in [0.2, 0.25) is 0 Å². The lowest BCUT2D eigenvalue weighted by Gasteiger charge is -2.31. The average Bonchev–Trinajstić information content (AvgIpc) is 3.50. The molecule has 0 spiro atoms. The first-order valence-electron chi connectivity index (χ1n) is 11.4. The molecular weight excluding hydrogens is 470 g/mol. The summed E-state index contributed by atoms with van der Waals surface area (Å²) in [6.45, 7) is 0.378. The van der Waals surface area contributed by atoms with Crippen LogP contribution in [0.5, 0.6) is 17.2 Å². The monoisotopic (exact) mass is 499 g/mol. The highest BCUT2D eigenvalue weighted by atomic mass is 16.6. The summed E-state index contributed by atoms with van der Waals surface area (Å²) in [6, 6.07) is 3.48. The highest BCUT2D eigenvalue weighted by Crippen LogP contribution is 2.36. The van der Waals surface area contributed by atoms with Gasteiger partial charge >= 0.3 is 0 Å². The molecule has 2 aromatic heterocycles. The van der Waals surface area contributed by atoms with Gasteiger partial charge in [-0.15, -0.1) is 5.10 Å². The number of anilines is 1. The average molecular weight is 500 g/mol. The molecule has 0 atom stereocenters. The van der Waals surface area contributed by atoms with Gasteiger partial charge in [0.05, 0.1) is 26.1 Å². The van der Waals surface area contributed by atoms with E-state index in [0.29, 0.717) is 23.8 Å². The van der Waals surface area contributed by atoms with Gasteiger partial charge < -0.3 is 20.3 Å². The van der Waals surface area contributed by atoms with Crippen LogP contribution in [0.4, 0.5) is 5.82 Å². The smallest absolute Gasteiger partial charge is 0.293 e. The third-order valence-electron chi connectivity index (χ3n) is 6.15. The van der Waals surface area contributed by atoms with Crippen LogP contribution in [-0.4, -0.2) is 74.7 Å². The number of aromatic nitrogens is 5. The van der Waals surface area contributed by atoms with E-state index in [2.05, 4.69) is 36.1 Å². The first-order valence-corrected chi connectivity index (χ1v) is 11.4. The Labute approximate surface area is 207 Å². The fourth-order valence-corrected chi connectivity index (χ4v) is 4.22. The molecule has 2 heterocycles. The van der Waals surface area contributed by atoms with Gasteiger partial charge in [-0.25, -0.2) is 10.1 Å². The number of nitrogens with one attached hydrogen (secondary N) is 1. The van der Waals surface area contributed by atoms with Crippen molar-refractivity contribution in [2.24, 2.45) is 5.10 Å². The van der Waals surface area contributed by atoms with Gasteiger partial charge in [-0.3, -0.25) is 9.69 Å². The lowest BCUT2D eigenvalue weighted by molar-refractivity contribution is 0.0947. The fraction of sp³-hybridized carbons (Fsp3) is 0.455. The summed E-state index contributed by atoms with van der Waals surface area (Å²) >= 11 is 0. The number of hydrogen-bond donors (Lipinski definition) is 3. The van der Waals surface area contributed by atoms with E-state index in [1.165, 1.54) is 44.4 Å². The fourth-order valence-electron chi connectivity index (χ4n) is 4.22. The normalized spacial score (nSPS) is 14.4.